The van der Waals surface area contributed by atoms with Gasteiger partial charge in [-0.2, -0.15) is 0 Å². The summed E-state index contributed by atoms with van der Waals surface area (Å²) in [6, 6.07) is 8.11. The van der Waals surface area contributed by atoms with E-state index in [0.29, 0.717) is 25.7 Å². The van der Waals surface area contributed by atoms with Gasteiger partial charge in [-0.1, -0.05) is 50.6 Å². The maximum absolute atomic E-state index is 12.7. The van der Waals surface area contributed by atoms with Gasteiger partial charge in [-0.25, -0.2) is 14.6 Å². The van der Waals surface area contributed by atoms with E-state index in [2.05, 4.69) is 10.7 Å². The number of aliphatic hydroxyl groups excluding tert-OH is 1. The largest absolute Gasteiger partial charge is 0.464 e. The molecule has 4 N–H and O–H groups in total. The summed E-state index contributed by atoms with van der Waals surface area (Å²) in [6.45, 7) is 3.32. The van der Waals surface area contributed by atoms with E-state index in [9.17, 15) is 24.3 Å². The van der Waals surface area contributed by atoms with Gasteiger partial charge in [-0.3, -0.25) is 15.0 Å². The lowest BCUT2D eigenvalue weighted by Crippen LogP contribution is -2.54. The zero-order valence-corrected chi connectivity index (χ0v) is 18.6. The van der Waals surface area contributed by atoms with Crippen molar-refractivity contribution in [3.8, 4) is 0 Å². The molecule has 0 spiro atoms. The molecule has 1 rings (SSSR count). The number of hydrogen-bond donors (Lipinski definition) is 4. The molecule has 0 bridgehead atoms. The van der Waals surface area contributed by atoms with Crippen LogP contribution in [0.2, 0.25) is 0 Å². The summed E-state index contributed by atoms with van der Waals surface area (Å²) in [5.74, 6) is -0.870. The highest BCUT2D eigenvalue weighted by Crippen LogP contribution is 2.08. The van der Waals surface area contributed by atoms with Crippen molar-refractivity contribution < 1.29 is 34.1 Å². The van der Waals surface area contributed by atoms with Crippen LogP contribution in [-0.4, -0.2) is 58.3 Å². The molecule has 0 aliphatic carbocycles. The van der Waals surface area contributed by atoms with Crippen LogP contribution in [-0.2, 0) is 20.9 Å². The van der Waals surface area contributed by atoms with Crippen molar-refractivity contribution in [3.63, 3.8) is 0 Å². The third-order valence-corrected chi connectivity index (χ3v) is 4.52. The Balaban J connectivity index is 2.58. The number of ether oxygens (including phenoxy) is 1. The summed E-state index contributed by atoms with van der Waals surface area (Å²) < 4.78 is 5.16. The maximum Gasteiger partial charge on any atom is 0.426 e. The molecule has 178 valence electrons. The van der Waals surface area contributed by atoms with Crippen LogP contribution in [0.25, 0.3) is 0 Å². The van der Waals surface area contributed by atoms with Gasteiger partial charge in [0, 0.05) is 13.0 Å². The van der Waals surface area contributed by atoms with E-state index in [0.717, 1.165) is 10.6 Å². The van der Waals surface area contributed by atoms with Gasteiger partial charge in [-0.15, -0.1) is 0 Å². The molecule has 0 radical (unpaired) electrons. The fraction of sp³-hybridized carbons (Fsp3) is 0.545. The highest BCUT2D eigenvalue weighted by atomic mass is 16.5. The number of nitrogens with one attached hydrogen (secondary N) is 2. The number of carbonyl (C=O) groups is 4. The van der Waals surface area contributed by atoms with E-state index in [1.807, 2.05) is 32.0 Å². The molecule has 0 fully saturated rings. The lowest BCUT2D eigenvalue weighted by Gasteiger charge is -2.25. The summed E-state index contributed by atoms with van der Waals surface area (Å²) in [5.41, 5.74) is 3.13. The molecule has 10 heteroatoms. The Hall–Kier alpha value is -3.14. The van der Waals surface area contributed by atoms with Crippen molar-refractivity contribution >= 4 is 23.9 Å². The van der Waals surface area contributed by atoms with Gasteiger partial charge in [-0.05, 0) is 30.7 Å². The fourth-order valence-corrected chi connectivity index (χ4v) is 2.87. The van der Waals surface area contributed by atoms with Crippen molar-refractivity contribution in [1.82, 2.24) is 15.8 Å². The molecule has 1 aromatic rings. The van der Waals surface area contributed by atoms with E-state index in [4.69, 9.17) is 9.84 Å². The van der Waals surface area contributed by atoms with Gasteiger partial charge >= 0.3 is 12.2 Å². The average Bonchev–Trinajstić information content (AvgIpc) is 2.76. The Morgan fingerprint density at radius 2 is 1.75 bits per heavy atom. The van der Waals surface area contributed by atoms with Gasteiger partial charge in [0.2, 0.25) is 0 Å². The number of ketones is 1. The van der Waals surface area contributed by atoms with Crippen LogP contribution < -0.4 is 10.7 Å². The summed E-state index contributed by atoms with van der Waals surface area (Å²) in [5, 5.41) is 21.3. The van der Waals surface area contributed by atoms with Gasteiger partial charge < -0.3 is 20.3 Å². The highest BCUT2D eigenvalue weighted by molar-refractivity contribution is 5.86. The first-order chi connectivity index (χ1) is 15.2. The Morgan fingerprint density at radius 1 is 1.06 bits per heavy atom. The van der Waals surface area contributed by atoms with Gasteiger partial charge in [0.1, 0.15) is 19.3 Å². The van der Waals surface area contributed by atoms with E-state index >= 15 is 0 Å². The Kier molecular flexibility index (Phi) is 12.4. The minimum absolute atomic E-state index is 0.0290. The number of carboxylic acid groups (broad SMARTS) is 1. The zero-order chi connectivity index (χ0) is 23.9. The molecule has 0 saturated heterocycles. The van der Waals surface area contributed by atoms with Crippen molar-refractivity contribution in [3.05, 3.63) is 35.9 Å². The van der Waals surface area contributed by atoms with Crippen LogP contribution in [0, 0.1) is 5.92 Å². The van der Waals surface area contributed by atoms with E-state index in [1.165, 1.54) is 0 Å². The fourth-order valence-electron chi connectivity index (χ4n) is 2.87. The molecule has 1 aromatic carbocycles. The van der Waals surface area contributed by atoms with E-state index in [-0.39, 0.29) is 31.3 Å². The average molecular weight is 452 g/mol. The standard InChI is InChI=1S/C22H33N3O7/c1-16(2)13-19(23-21(29)32-15-17-9-5-3-6-10-17)20(28)24-25(22(30)31)12-8-4-7-11-18(27)14-26/h3,5-6,9-10,16,19,26H,4,7-8,11-15H2,1-2H3,(H,23,29)(H,24,28)(H,30,31)/t19-/m0/s1. The number of nitrogens with zero attached hydrogens (tertiary/aromatic N) is 1. The molecule has 3 amide bonds. The molecular formula is C22H33N3O7. The molecule has 32 heavy (non-hydrogen) atoms. The number of unbranched alkanes of at least 4 members (excludes halogenated alkanes) is 2. The van der Waals surface area contributed by atoms with Crippen molar-refractivity contribution in [2.24, 2.45) is 5.92 Å². The van der Waals surface area contributed by atoms with Gasteiger partial charge in [0.15, 0.2) is 5.78 Å². The number of rotatable bonds is 13. The van der Waals surface area contributed by atoms with Crippen molar-refractivity contribution in [2.45, 2.75) is 58.6 Å². The number of aliphatic hydroxyl groups is 1. The van der Waals surface area contributed by atoms with Gasteiger partial charge in [0.05, 0.1) is 0 Å². The van der Waals surface area contributed by atoms with Crippen molar-refractivity contribution in [2.75, 3.05) is 13.2 Å². The van der Waals surface area contributed by atoms with Crippen molar-refractivity contribution in [1.29, 1.82) is 0 Å². The number of hydrazine groups is 1. The second kappa shape index (κ2) is 14.8. The first kappa shape index (κ1) is 26.9. The third-order valence-electron chi connectivity index (χ3n) is 4.52. The molecule has 10 nitrogen and oxygen atoms in total. The number of alkyl carbamates (subject to hydrolysis) is 1. The smallest absolute Gasteiger partial charge is 0.426 e. The normalized spacial score (nSPS) is 11.5. The summed E-state index contributed by atoms with van der Waals surface area (Å²) in [6.07, 6.45) is -0.0853. The number of carbonyl (C=O) groups excluding carboxylic acids is 3. The highest BCUT2D eigenvalue weighted by Gasteiger charge is 2.25. The van der Waals surface area contributed by atoms with Crippen LogP contribution in [0.5, 0.6) is 0 Å². The second-order valence-corrected chi connectivity index (χ2v) is 7.81. The quantitative estimate of drug-likeness (QED) is 0.266. The third kappa shape index (κ3) is 11.3. The molecule has 0 aromatic heterocycles. The molecule has 0 saturated carbocycles. The summed E-state index contributed by atoms with van der Waals surface area (Å²) >= 11 is 0. The molecule has 1 atom stereocenters. The first-order valence-electron chi connectivity index (χ1n) is 10.6. The Morgan fingerprint density at radius 3 is 2.34 bits per heavy atom. The van der Waals surface area contributed by atoms with Gasteiger partial charge in [0.25, 0.3) is 5.91 Å². The van der Waals surface area contributed by atoms with Crippen LogP contribution in [0.4, 0.5) is 9.59 Å². The summed E-state index contributed by atoms with van der Waals surface area (Å²) in [4.78, 5) is 47.4. The number of benzene rings is 1. The SMILES string of the molecule is CC(C)C[C@H](NC(=O)OCc1ccccc1)C(=O)NN(CCCCCC(=O)CO)C(=O)O. The molecule has 0 aliphatic rings. The lowest BCUT2D eigenvalue weighted by atomic mass is 10.0. The van der Waals surface area contributed by atoms with Crippen LogP contribution in [0.3, 0.4) is 0 Å². The second-order valence-electron chi connectivity index (χ2n) is 7.81. The Labute approximate surface area is 187 Å². The van der Waals surface area contributed by atoms with Crippen LogP contribution in [0.15, 0.2) is 30.3 Å². The van der Waals surface area contributed by atoms with E-state index in [1.54, 1.807) is 12.1 Å². The van der Waals surface area contributed by atoms with Crippen LogP contribution >= 0.6 is 0 Å². The predicted octanol–water partition coefficient (Wildman–Crippen LogP) is 2.46. The molecular weight excluding hydrogens is 418 g/mol. The Bertz CT molecular complexity index is 740. The predicted molar refractivity (Wildman–Crippen MR) is 116 cm³/mol. The minimum atomic E-state index is -1.33. The molecule has 0 heterocycles. The summed E-state index contributed by atoms with van der Waals surface area (Å²) in [7, 11) is 0. The van der Waals surface area contributed by atoms with Crippen LogP contribution in [0.1, 0.15) is 51.5 Å². The number of hydrogen-bond acceptors (Lipinski definition) is 6. The molecule has 0 unspecified atom stereocenters. The monoisotopic (exact) mass is 451 g/mol. The lowest BCUT2D eigenvalue weighted by molar-refractivity contribution is -0.127. The number of Topliss-reactive ketones (excluding diaryl/α,β-unsaturated/α-hetero) is 1. The first-order valence-corrected chi connectivity index (χ1v) is 10.6. The maximum atomic E-state index is 12.7. The topological polar surface area (TPSA) is 145 Å². The molecule has 0 aliphatic heterocycles. The zero-order valence-electron chi connectivity index (χ0n) is 18.6. The minimum Gasteiger partial charge on any atom is -0.464 e. The van der Waals surface area contributed by atoms with E-state index < -0.39 is 30.7 Å². The number of amides is 3.